The van der Waals surface area contributed by atoms with Gasteiger partial charge in [-0.15, -0.1) is 11.3 Å². The Morgan fingerprint density at radius 3 is 2.39 bits per heavy atom. The number of hydrogen-bond donors (Lipinski definition) is 1. The molecule has 0 fully saturated rings. The van der Waals surface area contributed by atoms with Gasteiger partial charge in [-0.25, -0.2) is 4.98 Å². The Morgan fingerprint density at radius 2 is 1.89 bits per heavy atom. The number of nitrogens with two attached hydrogens (primary N) is 1. The molecule has 2 aromatic rings. The largest absolute Gasteiger partial charge is 0.325 e. The molecule has 0 saturated carbocycles. The zero-order chi connectivity index (χ0) is 13.1. The molecule has 0 bridgehead atoms. The van der Waals surface area contributed by atoms with Crippen LogP contribution in [0.3, 0.4) is 0 Å². The summed E-state index contributed by atoms with van der Waals surface area (Å²) >= 11 is 1.68. The molecule has 4 heteroatoms. The molecule has 0 radical (unpaired) electrons. The minimum Gasteiger partial charge on any atom is -0.325 e. The normalized spacial score (nSPS) is 11.2. The van der Waals surface area contributed by atoms with Gasteiger partial charge < -0.3 is 10.6 Å². The molecule has 0 aliphatic rings. The van der Waals surface area contributed by atoms with Crippen molar-refractivity contribution in [3.63, 3.8) is 0 Å². The molecule has 0 aliphatic carbocycles. The molecular weight excluding hydrogens is 242 g/mol. The van der Waals surface area contributed by atoms with Gasteiger partial charge in [0, 0.05) is 23.5 Å². The summed E-state index contributed by atoms with van der Waals surface area (Å²) in [6.45, 7) is 3.58. The minimum absolute atomic E-state index is 0.518. The van der Waals surface area contributed by atoms with E-state index in [1.807, 2.05) is 0 Å². The molecular formula is C14H19N3S. The lowest BCUT2D eigenvalue weighted by Crippen LogP contribution is -2.10. The molecule has 2 N–H and O–H groups in total. The van der Waals surface area contributed by atoms with Crippen LogP contribution in [0.15, 0.2) is 24.3 Å². The third-order valence-electron chi connectivity index (χ3n) is 2.74. The molecule has 0 unspecified atom stereocenters. The van der Waals surface area contributed by atoms with Gasteiger partial charge in [0.25, 0.3) is 0 Å². The molecule has 1 aromatic carbocycles. The summed E-state index contributed by atoms with van der Waals surface area (Å²) in [5.74, 6) is 0. The molecule has 96 valence electrons. The SMILES string of the molecule is Cc1sc(CN)nc1-c1ccc(CN(C)C)cc1. The van der Waals surface area contributed by atoms with E-state index in [0.29, 0.717) is 6.54 Å². The quantitative estimate of drug-likeness (QED) is 0.920. The van der Waals surface area contributed by atoms with Gasteiger partial charge in [0.2, 0.25) is 0 Å². The highest BCUT2D eigenvalue weighted by Crippen LogP contribution is 2.27. The van der Waals surface area contributed by atoms with E-state index in [4.69, 9.17) is 5.73 Å². The van der Waals surface area contributed by atoms with Crippen LogP contribution in [-0.2, 0) is 13.1 Å². The second-order valence-electron chi connectivity index (χ2n) is 4.65. The van der Waals surface area contributed by atoms with Crippen molar-refractivity contribution in [2.24, 2.45) is 5.73 Å². The average Bonchev–Trinajstić information content (AvgIpc) is 2.71. The van der Waals surface area contributed by atoms with E-state index in [-0.39, 0.29) is 0 Å². The van der Waals surface area contributed by atoms with E-state index < -0.39 is 0 Å². The van der Waals surface area contributed by atoms with Crippen LogP contribution in [0.4, 0.5) is 0 Å². The first-order valence-corrected chi connectivity index (χ1v) is 6.82. The Bertz CT molecular complexity index is 514. The van der Waals surface area contributed by atoms with Crippen LogP contribution in [0, 0.1) is 6.92 Å². The first-order chi connectivity index (χ1) is 8.60. The Balaban J connectivity index is 2.25. The smallest absolute Gasteiger partial charge is 0.107 e. The van der Waals surface area contributed by atoms with Gasteiger partial charge in [-0.1, -0.05) is 24.3 Å². The summed E-state index contributed by atoms with van der Waals surface area (Å²) in [6.07, 6.45) is 0. The fourth-order valence-corrected chi connectivity index (χ4v) is 2.77. The lowest BCUT2D eigenvalue weighted by atomic mass is 10.1. The van der Waals surface area contributed by atoms with Crippen molar-refractivity contribution in [3.8, 4) is 11.3 Å². The number of aromatic nitrogens is 1. The number of hydrogen-bond acceptors (Lipinski definition) is 4. The summed E-state index contributed by atoms with van der Waals surface area (Å²) in [5.41, 5.74) is 9.19. The van der Waals surface area contributed by atoms with Gasteiger partial charge in [0.15, 0.2) is 0 Å². The maximum absolute atomic E-state index is 5.63. The Kier molecular flexibility index (Phi) is 4.11. The Labute approximate surface area is 112 Å². The Morgan fingerprint density at radius 1 is 1.22 bits per heavy atom. The maximum atomic E-state index is 5.63. The number of nitrogens with zero attached hydrogens (tertiary/aromatic N) is 2. The topological polar surface area (TPSA) is 42.1 Å². The first-order valence-electron chi connectivity index (χ1n) is 6.00. The molecule has 0 atom stereocenters. The van der Waals surface area contributed by atoms with Crippen LogP contribution >= 0.6 is 11.3 Å². The molecule has 1 heterocycles. The van der Waals surface area contributed by atoms with Crippen molar-refractivity contribution in [2.45, 2.75) is 20.0 Å². The van der Waals surface area contributed by atoms with E-state index in [0.717, 1.165) is 17.2 Å². The highest BCUT2D eigenvalue weighted by molar-refractivity contribution is 7.12. The van der Waals surface area contributed by atoms with Crippen LogP contribution in [0.5, 0.6) is 0 Å². The summed E-state index contributed by atoms with van der Waals surface area (Å²) in [7, 11) is 4.15. The van der Waals surface area contributed by atoms with E-state index in [1.165, 1.54) is 16.0 Å². The average molecular weight is 261 g/mol. The van der Waals surface area contributed by atoms with Gasteiger partial charge in [0.1, 0.15) is 5.01 Å². The lowest BCUT2D eigenvalue weighted by Gasteiger charge is -2.09. The van der Waals surface area contributed by atoms with Crippen molar-refractivity contribution >= 4 is 11.3 Å². The first kappa shape index (κ1) is 13.2. The molecule has 3 nitrogen and oxygen atoms in total. The second kappa shape index (κ2) is 5.61. The molecule has 0 aliphatic heterocycles. The van der Waals surface area contributed by atoms with Gasteiger partial charge in [-0.2, -0.15) is 0 Å². The fourth-order valence-electron chi connectivity index (χ4n) is 1.94. The standard InChI is InChI=1S/C14H19N3S/c1-10-14(16-13(8-15)18-10)12-6-4-11(5-7-12)9-17(2)3/h4-7H,8-9,15H2,1-3H3. The van der Waals surface area contributed by atoms with Crippen molar-refractivity contribution in [3.05, 3.63) is 39.7 Å². The summed E-state index contributed by atoms with van der Waals surface area (Å²) in [5, 5.41) is 1.000. The monoisotopic (exact) mass is 261 g/mol. The predicted octanol–water partition coefficient (Wildman–Crippen LogP) is 2.64. The Hall–Kier alpha value is -1.23. The third-order valence-corrected chi connectivity index (χ3v) is 3.73. The van der Waals surface area contributed by atoms with E-state index in [9.17, 15) is 0 Å². The zero-order valence-corrected chi connectivity index (χ0v) is 11.9. The van der Waals surface area contributed by atoms with E-state index >= 15 is 0 Å². The second-order valence-corrected chi connectivity index (χ2v) is 5.94. The lowest BCUT2D eigenvalue weighted by molar-refractivity contribution is 0.402. The van der Waals surface area contributed by atoms with Crippen LogP contribution in [0.25, 0.3) is 11.3 Å². The molecule has 18 heavy (non-hydrogen) atoms. The summed E-state index contributed by atoms with van der Waals surface area (Å²) in [6, 6.07) is 8.61. The van der Waals surface area contributed by atoms with Gasteiger partial charge in [0.05, 0.1) is 5.69 Å². The maximum Gasteiger partial charge on any atom is 0.107 e. The van der Waals surface area contributed by atoms with Crippen molar-refractivity contribution < 1.29 is 0 Å². The summed E-state index contributed by atoms with van der Waals surface area (Å²) < 4.78 is 0. The van der Waals surface area contributed by atoms with E-state index in [1.54, 1.807) is 11.3 Å². The molecule has 2 rings (SSSR count). The fraction of sp³-hybridized carbons (Fsp3) is 0.357. The minimum atomic E-state index is 0.518. The van der Waals surface area contributed by atoms with Crippen LogP contribution < -0.4 is 5.73 Å². The zero-order valence-electron chi connectivity index (χ0n) is 11.1. The highest BCUT2D eigenvalue weighted by atomic mass is 32.1. The van der Waals surface area contributed by atoms with Crippen molar-refractivity contribution in [2.75, 3.05) is 14.1 Å². The number of aryl methyl sites for hydroxylation is 1. The highest BCUT2D eigenvalue weighted by Gasteiger charge is 2.08. The van der Waals surface area contributed by atoms with Gasteiger partial charge in [-0.05, 0) is 26.6 Å². The van der Waals surface area contributed by atoms with Gasteiger partial charge in [-0.3, -0.25) is 0 Å². The number of thiazole rings is 1. The number of rotatable bonds is 4. The van der Waals surface area contributed by atoms with Crippen LogP contribution in [-0.4, -0.2) is 24.0 Å². The predicted molar refractivity (Wildman–Crippen MR) is 77.6 cm³/mol. The van der Waals surface area contributed by atoms with Crippen LogP contribution in [0.2, 0.25) is 0 Å². The van der Waals surface area contributed by atoms with Crippen molar-refractivity contribution in [1.82, 2.24) is 9.88 Å². The summed E-state index contributed by atoms with van der Waals surface area (Å²) in [4.78, 5) is 7.97. The number of benzene rings is 1. The molecule has 0 amide bonds. The van der Waals surface area contributed by atoms with Crippen LogP contribution in [0.1, 0.15) is 15.4 Å². The molecule has 0 spiro atoms. The third kappa shape index (κ3) is 2.96. The van der Waals surface area contributed by atoms with Crippen molar-refractivity contribution in [1.29, 1.82) is 0 Å². The molecule has 1 aromatic heterocycles. The van der Waals surface area contributed by atoms with E-state index in [2.05, 4.69) is 55.2 Å². The van der Waals surface area contributed by atoms with Gasteiger partial charge >= 0.3 is 0 Å². The molecule has 0 saturated heterocycles.